The molecule has 0 unspecified atom stereocenters. The van der Waals surface area contributed by atoms with Gasteiger partial charge in [0.15, 0.2) is 0 Å². The quantitative estimate of drug-likeness (QED) is 0.620. The van der Waals surface area contributed by atoms with Crippen LogP contribution in [-0.4, -0.2) is 16.6 Å². The fourth-order valence-corrected chi connectivity index (χ4v) is 5.29. The number of hydrogen-bond acceptors (Lipinski definition) is 2. The molecule has 0 aromatic heterocycles. The van der Waals surface area contributed by atoms with Crippen LogP contribution < -0.4 is 0 Å². The number of allylic oxidation sites excluding steroid dienone is 4. The Morgan fingerprint density at radius 3 is 2.24 bits per heavy atom. The van der Waals surface area contributed by atoms with Gasteiger partial charge in [-0.05, 0) is 76.6 Å². The van der Waals surface area contributed by atoms with Crippen LogP contribution in [0.4, 0.5) is 0 Å². The van der Waals surface area contributed by atoms with Crippen molar-refractivity contribution in [3.63, 3.8) is 0 Å². The normalized spacial score (nSPS) is 30.1. The van der Waals surface area contributed by atoms with Crippen molar-refractivity contribution < 1.29 is 8.85 Å². The summed E-state index contributed by atoms with van der Waals surface area (Å²) in [7, 11) is -3.02. The van der Waals surface area contributed by atoms with E-state index in [1.807, 2.05) is 0 Å². The van der Waals surface area contributed by atoms with Crippen molar-refractivity contribution in [1.82, 2.24) is 0 Å². The van der Waals surface area contributed by atoms with Crippen LogP contribution in [0.2, 0.25) is 39.3 Å². The van der Waals surface area contributed by atoms with E-state index in [1.165, 1.54) is 17.9 Å². The fraction of sp³-hybridized carbons (Fsp3) is 0.765. The Hall–Kier alpha value is -0.486. The molecule has 2 aliphatic carbocycles. The van der Waals surface area contributed by atoms with Crippen LogP contribution in [0.5, 0.6) is 0 Å². The lowest BCUT2D eigenvalue weighted by molar-refractivity contribution is 0.134. The average molecular weight is 325 g/mol. The molecule has 2 atom stereocenters. The van der Waals surface area contributed by atoms with Crippen LogP contribution in [-0.2, 0) is 8.85 Å². The van der Waals surface area contributed by atoms with E-state index in [0.29, 0.717) is 5.92 Å². The Kier molecular flexibility index (Phi) is 4.51. The van der Waals surface area contributed by atoms with E-state index >= 15 is 0 Å². The van der Waals surface area contributed by atoms with Gasteiger partial charge in [0.25, 0.3) is 0 Å². The van der Waals surface area contributed by atoms with Crippen molar-refractivity contribution in [2.24, 2.45) is 11.3 Å². The van der Waals surface area contributed by atoms with Crippen LogP contribution in [0.1, 0.15) is 32.6 Å². The molecule has 4 heteroatoms. The first kappa shape index (κ1) is 16.9. The minimum absolute atomic E-state index is 0.185. The van der Waals surface area contributed by atoms with Crippen LogP contribution >= 0.6 is 0 Å². The van der Waals surface area contributed by atoms with Gasteiger partial charge in [0.1, 0.15) is 0 Å². The van der Waals surface area contributed by atoms with Gasteiger partial charge in [0, 0.05) is 11.8 Å². The van der Waals surface area contributed by atoms with E-state index in [9.17, 15) is 0 Å². The highest BCUT2D eigenvalue weighted by Crippen LogP contribution is 2.51. The van der Waals surface area contributed by atoms with Crippen LogP contribution in [0.15, 0.2) is 23.7 Å². The number of rotatable bonds is 4. The molecule has 0 aromatic rings. The first-order chi connectivity index (χ1) is 9.50. The van der Waals surface area contributed by atoms with Crippen molar-refractivity contribution in [2.45, 2.75) is 71.9 Å². The molecule has 0 saturated heterocycles. The largest absolute Gasteiger partial charge is 0.548 e. The molecular formula is C17H32O2Si2. The predicted molar refractivity (Wildman–Crippen MR) is 95.1 cm³/mol. The van der Waals surface area contributed by atoms with Crippen molar-refractivity contribution in [3.8, 4) is 0 Å². The summed E-state index contributed by atoms with van der Waals surface area (Å²) in [5.41, 5.74) is 0.185. The SMILES string of the molecule is C[C@@]12CCC(O[Si](C)(C)C)=C[C@@H]1CCC=C2O[Si](C)(C)C. The molecule has 0 radical (unpaired) electrons. The molecule has 0 bridgehead atoms. The number of hydrogen-bond donors (Lipinski definition) is 0. The van der Waals surface area contributed by atoms with Crippen molar-refractivity contribution in [3.05, 3.63) is 23.7 Å². The molecule has 21 heavy (non-hydrogen) atoms. The van der Waals surface area contributed by atoms with Gasteiger partial charge in [0.05, 0.1) is 11.5 Å². The third-order valence-corrected chi connectivity index (χ3v) is 6.03. The summed E-state index contributed by atoms with van der Waals surface area (Å²) in [6.45, 7) is 16.0. The first-order valence-corrected chi connectivity index (χ1v) is 15.1. The molecule has 120 valence electrons. The molecular weight excluding hydrogens is 292 g/mol. The summed E-state index contributed by atoms with van der Waals surface area (Å²) >= 11 is 0. The van der Waals surface area contributed by atoms with E-state index in [1.54, 1.807) is 0 Å². The fourth-order valence-electron chi connectivity index (χ4n) is 3.36. The van der Waals surface area contributed by atoms with E-state index in [4.69, 9.17) is 8.85 Å². The Labute approximate surface area is 132 Å². The third-order valence-electron chi connectivity index (χ3n) is 4.32. The van der Waals surface area contributed by atoms with Gasteiger partial charge >= 0.3 is 0 Å². The van der Waals surface area contributed by atoms with Crippen LogP contribution in [0, 0.1) is 11.3 Å². The molecule has 0 heterocycles. The standard InChI is InChI=1S/C17H32O2Si2/c1-17-12-11-15(18-20(2,3)4)13-14(17)9-8-10-16(17)19-21(5,6)7/h10,13-14H,8-9,11-12H2,1-7H3/t14-,17+/m0/s1. The molecule has 0 spiro atoms. The highest BCUT2D eigenvalue weighted by atomic mass is 28.4. The molecule has 0 aliphatic heterocycles. The lowest BCUT2D eigenvalue weighted by atomic mass is 9.65. The second-order valence-electron chi connectivity index (χ2n) is 8.73. The molecule has 0 amide bonds. The zero-order valence-electron chi connectivity index (χ0n) is 14.9. The maximum atomic E-state index is 6.43. The van der Waals surface area contributed by atoms with Gasteiger partial charge in [0.2, 0.25) is 16.6 Å². The van der Waals surface area contributed by atoms with E-state index in [-0.39, 0.29) is 5.41 Å². The minimum atomic E-state index is -1.54. The molecule has 0 fully saturated rings. The lowest BCUT2D eigenvalue weighted by Gasteiger charge is -2.46. The Morgan fingerprint density at radius 1 is 1.05 bits per heavy atom. The molecule has 2 rings (SSSR count). The lowest BCUT2D eigenvalue weighted by Crippen LogP contribution is -2.40. The highest BCUT2D eigenvalue weighted by Gasteiger charge is 2.44. The highest BCUT2D eigenvalue weighted by molar-refractivity contribution is 6.70. The summed E-state index contributed by atoms with van der Waals surface area (Å²) < 4.78 is 12.7. The van der Waals surface area contributed by atoms with Crippen LogP contribution in [0.3, 0.4) is 0 Å². The summed E-state index contributed by atoms with van der Waals surface area (Å²) in [6, 6.07) is 0. The van der Waals surface area contributed by atoms with Gasteiger partial charge in [-0.1, -0.05) is 6.92 Å². The Bertz CT molecular complexity index is 454. The van der Waals surface area contributed by atoms with E-state index < -0.39 is 16.6 Å². The minimum Gasteiger partial charge on any atom is -0.548 e. The summed E-state index contributed by atoms with van der Waals surface area (Å²) in [5.74, 6) is 3.08. The molecule has 0 N–H and O–H groups in total. The molecule has 2 nitrogen and oxygen atoms in total. The van der Waals surface area contributed by atoms with Gasteiger partial charge in [-0.3, -0.25) is 0 Å². The van der Waals surface area contributed by atoms with Gasteiger partial charge < -0.3 is 8.85 Å². The maximum Gasteiger partial charge on any atom is 0.241 e. The van der Waals surface area contributed by atoms with Crippen molar-refractivity contribution >= 4 is 16.6 Å². The third kappa shape index (κ3) is 4.25. The topological polar surface area (TPSA) is 18.5 Å². The van der Waals surface area contributed by atoms with Crippen molar-refractivity contribution in [1.29, 1.82) is 0 Å². The second kappa shape index (κ2) is 5.61. The Balaban J connectivity index is 2.19. The monoisotopic (exact) mass is 324 g/mol. The van der Waals surface area contributed by atoms with E-state index in [0.717, 1.165) is 19.3 Å². The number of fused-ring (bicyclic) bond motifs is 1. The predicted octanol–water partition coefficient (Wildman–Crippen LogP) is 5.67. The van der Waals surface area contributed by atoms with Crippen molar-refractivity contribution in [2.75, 3.05) is 0 Å². The van der Waals surface area contributed by atoms with Gasteiger partial charge in [-0.2, -0.15) is 0 Å². The summed E-state index contributed by atoms with van der Waals surface area (Å²) in [4.78, 5) is 0. The zero-order chi connectivity index (χ0) is 15.9. The first-order valence-electron chi connectivity index (χ1n) is 8.29. The zero-order valence-corrected chi connectivity index (χ0v) is 16.9. The van der Waals surface area contributed by atoms with Crippen LogP contribution in [0.25, 0.3) is 0 Å². The molecule has 0 saturated carbocycles. The molecule has 2 aliphatic rings. The smallest absolute Gasteiger partial charge is 0.241 e. The summed E-state index contributed by atoms with van der Waals surface area (Å²) in [6.07, 6.45) is 9.35. The van der Waals surface area contributed by atoms with Gasteiger partial charge in [-0.15, -0.1) is 0 Å². The maximum absolute atomic E-state index is 6.43. The Morgan fingerprint density at radius 2 is 1.67 bits per heavy atom. The summed E-state index contributed by atoms with van der Waals surface area (Å²) in [5, 5.41) is 0. The average Bonchev–Trinajstić information content (AvgIpc) is 2.27. The van der Waals surface area contributed by atoms with Gasteiger partial charge in [-0.25, -0.2) is 0 Å². The van der Waals surface area contributed by atoms with E-state index in [2.05, 4.69) is 58.4 Å². The second-order valence-corrected chi connectivity index (χ2v) is 17.6. The molecule has 0 aromatic carbocycles.